The molecule has 0 radical (unpaired) electrons. The minimum atomic E-state index is -0.189. The Labute approximate surface area is 95.0 Å². The molecular weight excluding hydrogens is 212 g/mol. The van der Waals surface area contributed by atoms with Gasteiger partial charge in [-0.2, -0.15) is 0 Å². The van der Waals surface area contributed by atoms with Crippen LogP contribution in [-0.2, 0) is 9.59 Å². The van der Waals surface area contributed by atoms with Gasteiger partial charge in [-0.05, 0) is 12.8 Å². The van der Waals surface area contributed by atoms with Gasteiger partial charge in [0.1, 0.15) is 0 Å². The first kappa shape index (κ1) is 14.9. The highest BCUT2D eigenvalue weighted by molar-refractivity contribution is 5.83. The van der Waals surface area contributed by atoms with Crippen LogP contribution in [0.3, 0.4) is 0 Å². The third-order valence-electron chi connectivity index (χ3n) is 1.89. The number of nitrogens with one attached hydrogen (secondary N) is 2. The van der Waals surface area contributed by atoms with Gasteiger partial charge in [-0.15, -0.1) is 0 Å². The Morgan fingerprint density at radius 2 is 1.19 bits per heavy atom. The third-order valence-corrected chi connectivity index (χ3v) is 1.89. The van der Waals surface area contributed by atoms with E-state index in [2.05, 4.69) is 10.6 Å². The van der Waals surface area contributed by atoms with Crippen molar-refractivity contribution < 1.29 is 19.8 Å². The number of carbonyl (C=O) groups is 2. The summed E-state index contributed by atoms with van der Waals surface area (Å²) in [5.74, 6) is -0.378. The lowest BCUT2D eigenvalue weighted by Gasteiger charge is -2.05. The number of rotatable bonds is 9. The Morgan fingerprint density at radius 3 is 1.50 bits per heavy atom. The SMILES string of the molecule is O=C(CCC(=O)NCCCO)NCCCO. The molecule has 2 amide bonds. The molecule has 4 N–H and O–H groups in total. The molecule has 0 rings (SSSR count). The average molecular weight is 232 g/mol. The summed E-state index contributed by atoms with van der Waals surface area (Å²) >= 11 is 0. The van der Waals surface area contributed by atoms with Crippen LogP contribution in [0.15, 0.2) is 0 Å². The predicted octanol–water partition coefficient (Wildman–Crippen LogP) is -1.24. The van der Waals surface area contributed by atoms with Crippen LogP contribution in [0.25, 0.3) is 0 Å². The summed E-state index contributed by atoms with van der Waals surface area (Å²) in [6.07, 6.45) is 1.34. The first-order valence-corrected chi connectivity index (χ1v) is 5.45. The van der Waals surface area contributed by atoms with E-state index >= 15 is 0 Å². The molecule has 0 saturated carbocycles. The van der Waals surface area contributed by atoms with Crippen LogP contribution in [0.1, 0.15) is 25.7 Å². The third kappa shape index (κ3) is 9.42. The highest BCUT2D eigenvalue weighted by atomic mass is 16.3. The zero-order valence-corrected chi connectivity index (χ0v) is 9.37. The maximum absolute atomic E-state index is 11.1. The first-order valence-electron chi connectivity index (χ1n) is 5.45. The van der Waals surface area contributed by atoms with E-state index in [1.165, 1.54) is 0 Å². The molecule has 6 heteroatoms. The second-order valence-corrected chi connectivity index (χ2v) is 3.35. The van der Waals surface area contributed by atoms with Crippen molar-refractivity contribution in [3.05, 3.63) is 0 Å². The largest absolute Gasteiger partial charge is 0.396 e. The van der Waals surface area contributed by atoms with Crippen LogP contribution in [0, 0.1) is 0 Å². The second kappa shape index (κ2) is 10.4. The molecule has 0 aromatic heterocycles. The maximum Gasteiger partial charge on any atom is 0.220 e. The summed E-state index contributed by atoms with van der Waals surface area (Å²) in [4.78, 5) is 22.3. The van der Waals surface area contributed by atoms with Gasteiger partial charge < -0.3 is 20.8 Å². The summed E-state index contributed by atoms with van der Waals surface area (Å²) in [7, 11) is 0. The average Bonchev–Trinajstić information content (AvgIpc) is 2.27. The van der Waals surface area contributed by atoms with Crippen molar-refractivity contribution in [1.82, 2.24) is 10.6 Å². The summed E-state index contributed by atoms with van der Waals surface area (Å²) in [6.45, 7) is 0.951. The lowest BCUT2D eigenvalue weighted by atomic mass is 10.2. The molecule has 0 fully saturated rings. The highest BCUT2D eigenvalue weighted by Gasteiger charge is 2.05. The molecule has 0 aliphatic heterocycles. The van der Waals surface area contributed by atoms with Gasteiger partial charge >= 0.3 is 0 Å². The zero-order chi connectivity index (χ0) is 12.2. The Hall–Kier alpha value is -1.14. The molecule has 0 saturated heterocycles. The van der Waals surface area contributed by atoms with E-state index in [4.69, 9.17) is 10.2 Å². The Bertz CT molecular complexity index is 187. The highest BCUT2D eigenvalue weighted by Crippen LogP contribution is 1.89. The minimum Gasteiger partial charge on any atom is -0.396 e. The molecule has 0 aliphatic rings. The van der Waals surface area contributed by atoms with E-state index in [9.17, 15) is 9.59 Å². The molecule has 94 valence electrons. The van der Waals surface area contributed by atoms with Crippen molar-refractivity contribution in [2.75, 3.05) is 26.3 Å². The van der Waals surface area contributed by atoms with Gasteiger partial charge in [0.25, 0.3) is 0 Å². The Kier molecular flexibility index (Phi) is 9.64. The number of hydrogen-bond acceptors (Lipinski definition) is 4. The summed E-state index contributed by atoms with van der Waals surface area (Å²) < 4.78 is 0. The standard InChI is InChI=1S/C10H20N2O4/c13-7-1-5-11-9(15)3-4-10(16)12-6-2-8-14/h13-14H,1-8H2,(H,11,15)(H,12,16). The van der Waals surface area contributed by atoms with E-state index in [0.29, 0.717) is 25.9 Å². The fourth-order valence-corrected chi connectivity index (χ4v) is 1.02. The van der Waals surface area contributed by atoms with Crippen molar-refractivity contribution in [3.63, 3.8) is 0 Å². The molecule has 0 aromatic carbocycles. The van der Waals surface area contributed by atoms with Gasteiger partial charge in [0.05, 0.1) is 0 Å². The Balaban J connectivity index is 3.40. The van der Waals surface area contributed by atoms with Crippen LogP contribution >= 0.6 is 0 Å². The van der Waals surface area contributed by atoms with Crippen LogP contribution < -0.4 is 10.6 Å². The van der Waals surface area contributed by atoms with E-state index in [0.717, 1.165) is 0 Å². The molecule has 6 nitrogen and oxygen atoms in total. The van der Waals surface area contributed by atoms with Crippen LogP contribution in [0.4, 0.5) is 0 Å². The van der Waals surface area contributed by atoms with Crippen LogP contribution in [-0.4, -0.2) is 48.3 Å². The molecule has 0 aliphatic carbocycles. The van der Waals surface area contributed by atoms with E-state index in [1.54, 1.807) is 0 Å². The monoisotopic (exact) mass is 232 g/mol. The number of hydrogen-bond donors (Lipinski definition) is 4. The first-order chi connectivity index (χ1) is 7.70. The van der Waals surface area contributed by atoms with Gasteiger partial charge in [-0.1, -0.05) is 0 Å². The van der Waals surface area contributed by atoms with Crippen LogP contribution in [0.2, 0.25) is 0 Å². The minimum absolute atomic E-state index is 0.0436. The van der Waals surface area contributed by atoms with Crippen LogP contribution in [0.5, 0.6) is 0 Å². The summed E-state index contributed by atoms with van der Waals surface area (Å²) in [5.41, 5.74) is 0. The predicted molar refractivity (Wildman–Crippen MR) is 58.7 cm³/mol. The van der Waals surface area contributed by atoms with Crippen molar-refractivity contribution in [2.24, 2.45) is 0 Å². The van der Waals surface area contributed by atoms with Gasteiger partial charge in [0.2, 0.25) is 11.8 Å². The smallest absolute Gasteiger partial charge is 0.220 e. The molecule has 0 unspecified atom stereocenters. The van der Waals surface area contributed by atoms with Crippen molar-refractivity contribution in [2.45, 2.75) is 25.7 Å². The van der Waals surface area contributed by atoms with Gasteiger partial charge in [-0.25, -0.2) is 0 Å². The number of aliphatic hydroxyl groups is 2. The van der Waals surface area contributed by atoms with E-state index < -0.39 is 0 Å². The number of amides is 2. The zero-order valence-electron chi connectivity index (χ0n) is 9.37. The van der Waals surface area contributed by atoms with Crippen molar-refractivity contribution in [3.8, 4) is 0 Å². The number of aliphatic hydroxyl groups excluding tert-OH is 2. The fourth-order valence-electron chi connectivity index (χ4n) is 1.02. The summed E-state index contributed by atoms with van der Waals surface area (Å²) in [5, 5.41) is 22.1. The second-order valence-electron chi connectivity index (χ2n) is 3.35. The van der Waals surface area contributed by atoms with Gasteiger partial charge in [-0.3, -0.25) is 9.59 Å². The molecule has 0 heterocycles. The van der Waals surface area contributed by atoms with Gasteiger partial charge in [0, 0.05) is 39.1 Å². The van der Waals surface area contributed by atoms with Gasteiger partial charge in [0.15, 0.2) is 0 Å². The lowest BCUT2D eigenvalue weighted by molar-refractivity contribution is -0.126. The van der Waals surface area contributed by atoms with Crippen molar-refractivity contribution in [1.29, 1.82) is 0 Å². The maximum atomic E-state index is 11.1. The fraction of sp³-hybridized carbons (Fsp3) is 0.800. The summed E-state index contributed by atoms with van der Waals surface area (Å²) in [6, 6.07) is 0. The Morgan fingerprint density at radius 1 is 0.812 bits per heavy atom. The van der Waals surface area contributed by atoms with Crippen molar-refractivity contribution >= 4 is 11.8 Å². The number of carbonyl (C=O) groups excluding carboxylic acids is 2. The van der Waals surface area contributed by atoms with E-state index in [1.807, 2.05) is 0 Å². The lowest BCUT2D eigenvalue weighted by Crippen LogP contribution is -2.29. The molecule has 16 heavy (non-hydrogen) atoms. The molecular formula is C10H20N2O4. The quantitative estimate of drug-likeness (QED) is 0.374. The molecule has 0 spiro atoms. The normalized spacial score (nSPS) is 9.88. The molecule has 0 bridgehead atoms. The molecule has 0 atom stereocenters. The topological polar surface area (TPSA) is 98.7 Å². The van der Waals surface area contributed by atoms with E-state index in [-0.39, 0.29) is 37.9 Å². The molecule has 0 aromatic rings.